The van der Waals surface area contributed by atoms with Gasteiger partial charge in [0, 0.05) is 37.6 Å². The standard InChI is InChI=1S/C16H18N2O2S/c1-12(19)16-7-13(11-21-16)9-18-5-6-20-15(10-18)14-3-2-4-17-8-14/h2-4,7-8,11,15H,5-6,9-10H2,1H3/t15-/m0/s1. The highest BCUT2D eigenvalue weighted by Gasteiger charge is 2.22. The molecule has 1 aliphatic heterocycles. The summed E-state index contributed by atoms with van der Waals surface area (Å²) in [6.07, 6.45) is 3.73. The Balaban J connectivity index is 1.64. The lowest BCUT2D eigenvalue weighted by atomic mass is 10.1. The van der Waals surface area contributed by atoms with E-state index < -0.39 is 0 Å². The first kappa shape index (κ1) is 14.4. The minimum absolute atomic E-state index is 0.0818. The van der Waals surface area contributed by atoms with E-state index in [4.69, 9.17) is 4.74 Å². The first-order chi connectivity index (χ1) is 10.2. The topological polar surface area (TPSA) is 42.4 Å². The Morgan fingerprint density at radius 1 is 1.57 bits per heavy atom. The van der Waals surface area contributed by atoms with E-state index in [0.29, 0.717) is 0 Å². The number of pyridine rings is 1. The molecule has 2 aromatic rings. The predicted octanol–water partition coefficient (Wildman–Crippen LogP) is 2.92. The van der Waals surface area contributed by atoms with Crippen molar-refractivity contribution in [1.29, 1.82) is 0 Å². The zero-order chi connectivity index (χ0) is 14.7. The maximum atomic E-state index is 11.4. The lowest BCUT2D eigenvalue weighted by Gasteiger charge is -2.32. The van der Waals surface area contributed by atoms with Crippen molar-refractivity contribution in [3.05, 3.63) is 52.0 Å². The molecule has 0 unspecified atom stereocenters. The molecule has 0 amide bonds. The number of rotatable bonds is 4. The van der Waals surface area contributed by atoms with Crippen LogP contribution in [0.15, 0.2) is 36.0 Å². The van der Waals surface area contributed by atoms with Crippen LogP contribution in [0.1, 0.15) is 33.8 Å². The number of carbonyl (C=O) groups is 1. The number of morpholine rings is 1. The molecule has 0 aromatic carbocycles. The minimum atomic E-state index is 0.0818. The summed E-state index contributed by atoms with van der Waals surface area (Å²) in [5.41, 5.74) is 2.33. The number of ketones is 1. The van der Waals surface area contributed by atoms with Gasteiger partial charge in [0.25, 0.3) is 0 Å². The van der Waals surface area contributed by atoms with Crippen molar-refractivity contribution in [2.24, 2.45) is 0 Å². The molecule has 0 aliphatic carbocycles. The van der Waals surface area contributed by atoms with Crippen LogP contribution in [0, 0.1) is 0 Å². The second kappa shape index (κ2) is 6.47. The second-order valence-corrected chi connectivity index (χ2v) is 6.17. The molecule has 21 heavy (non-hydrogen) atoms. The van der Waals surface area contributed by atoms with Gasteiger partial charge in [0.1, 0.15) is 0 Å². The Morgan fingerprint density at radius 2 is 2.48 bits per heavy atom. The van der Waals surface area contributed by atoms with Crippen molar-refractivity contribution in [1.82, 2.24) is 9.88 Å². The number of hydrogen-bond donors (Lipinski definition) is 0. The lowest BCUT2D eigenvalue weighted by molar-refractivity contribution is -0.0330. The molecular weight excluding hydrogens is 284 g/mol. The molecule has 4 nitrogen and oxygen atoms in total. The van der Waals surface area contributed by atoms with E-state index in [2.05, 4.69) is 21.3 Å². The molecule has 2 aromatic heterocycles. The monoisotopic (exact) mass is 302 g/mol. The third kappa shape index (κ3) is 3.56. The van der Waals surface area contributed by atoms with Gasteiger partial charge in [0.15, 0.2) is 5.78 Å². The smallest absolute Gasteiger partial charge is 0.169 e. The van der Waals surface area contributed by atoms with Crippen molar-refractivity contribution in [2.45, 2.75) is 19.6 Å². The highest BCUT2D eigenvalue weighted by atomic mass is 32.1. The van der Waals surface area contributed by atoms with Crippen LogP contribution in [0.25, 0.3) is 0 Å². The molecule has 110 valence electrons. The normalized spacial score (nSPS) is 19.6. The maximum absolute atomic E-state index is 11.4. The van der Waals surface area contributed by atoms with Crippen LogP contribution in [0.3, 0.4) is 0 Å². The Morgan fingerprint density at radius 3 is 3.19 bits per heavy atom. The van der Waals surface area contributed by atoms with Crippen molar-refractivity contribution in [2.75, 3.05) is 19.7 Å². The molecule has 3 heterocycles. The van der Waals surface area contributed by atoms with Gasteiger partial charge in [0.2, 0.25) is 0 Å². The molecule has 0 spiro atoms. The summed E-state index contributed by atoms with van der Waals surface area (Å²) < 4.78 is 5.84. The number of thiophene rings is 1. The van der Waals surface area contributed by atoms with E-state index in [1.165, 1.54) is 16.9 Å². The Hall–Kier alpha value is -1.56. The fourth-order valence-corrected chi connectivity index (χ4v) is 3.32. The fourth-order valence-electron chi connectivity index (χ4n) is 2.52. The van der Waals surface area contributed by atoms with Crippen LogP contribution in [0.2, 0.25) is 0 Å². The number of Topliss-reactive ketones (excluding diaryl/α,β-unsaturated/α-hetero) is 1. The summed E-state index contributed by atoms with van der Waals surface area (Å²) in [7, 11) is 0. The summed E-state index contributed by atoms with van der Waals surface area (Å²) >= 11 is 1.53. The van der Waals surface area contributed by atoms with Crippen LogP contribution < -0.4 is 0 Å². The Labute approximate surface area is 128 Å². The van der Waals surface area contributed by atoms with Crippen molar-refractivity contribution in [3.8, 4) is 0 Å². The number of ether oxygens (including phenoxy) is 1. The van der Waals surface area contributed by atoms with Crippen molar-refractivity contribution in [3.63, 3.8) is 0 Å². The molecule has 1 atom stereocenters. The first-order valence-electron chi connectivity index (χ1n) is 7.04. The summed E-state index contributed by atoms with van der Waals surface area (Å²) in [5, 5.41) is 2.07. The van der Waals surface area contributed by atoms with Crippen LogP contribution in [-0.4, -0.2) is 35.4 Å². The molecule has 1 saturated heterocycles. The predicted molar refractivity (Wildman–Crippen MR) is 82.5 cm³/mol. The highest BCUT2D eigenvalue weighted by molar-refractivity contribution is 7.12. The first-order valence-corrected chi connectivity index (χ1v) is 7.92. The van der Waals surface area contributed by atoms with Gasteiger partial charge >= 0.3 is 0 Å². The van der Waals surface area contributed by atoms with Gasteiger partial charge in [-0.2, -0.15) is 0 Å². The van der Waals surface area contributed by atoms with Gasteiger partial charge in [0.05, 0.1) is 17.6 Å². The highest BCUT2D eigenvalue weighted by Crippen LogP contribution is 2.24. The van der Waals surface area contributed by atoms with Crippen LogP contribution in [0.4, 0.5) is 0 Å². The SMILES string of the molecule is CC(=O)c1cc(CN2CCO[C@H](c3cccnc3)C2)cs1. The van der Waals surface area contributed by atoms with Crippen LogP contribution >= 0.6 is 11.3 Å². The molecular formula is C16H18N2O2S. The summed E-state index contributed by atoms with van der Waals surface area (Å²) in [5.74, 6) is 0.140. The molecule has 0 bridgehead atoms. The molecule has 1 aliphatic rings. The molecule has 5 heteroatoms. The fraction of sp³-hybridized carbons (Fsp3) is 0.375. The Bertz CT molecular complexity index is 612. The second-order valence-electron chi connectivity index (χ2n) is 5.26. The van der Waals surface area contributed by atoms with E-state index >= 15 is 0 Å². The van der Waals surface area contributed by atoms with Gasteiger partial charge in [-0.25, -0.2) is 0 Å². The van der Waals surface area contributed by atoms with E-state index in [1.54, 1.807) is 13.1 Å². The number of carbonyl (C=O) groups excluding carboxylic acids is 1. The lowest BCUT2D eigenvalue weighted by Crippen LogP contribution is -2.37. The zero-order valence-electron chi connectivity index (χ0n) is 12.0. The van der Waals surface area contributed by atoms with Crippen LogP contribution in [0.5, 0.6) is 0 Å². The summed E-state index contributed by atoms with van der Waals surface area (Å²) in [4.78, 5) is 18.7. The van der Waals surface area contributed by atoms with Gasteiger partial charge in [-0.1, -0.05) is 6.07 Å². The van der Waals surface area contributed by atoms with Crippen molar-refractivity contribution < 1.29 is 9.53 Å². The van der Waals surface area contributed by atoms with E-state index in [9.17, 15) is 4.79 Å². The average Bonchev–Trinajstić information content (AvgIpc) is 2.97. The zero-order valence-corrected chi connectivity index (χ0v) is 12.8. The molecule has 3 rings (SSSR count). The molecule has 0 saturated carbocycles. The number of hydrogen-bond acceptors (Lipinski definition) is 5. The van der Waals surface area contributed by atoms with E-state index in [-0.39, 0.29) is 11.9 Å². The van der Waals surface area contributed by atoms with E-state index in [0.717, 1.165) is 36.7 Å². The molecule has 0 radical (unpaired) electrons. The minimum Gasteiger partial charge on any atom is -0.371 e. The van der Waals surface area contributed by atoms with Gasteiger partial charge < -0.3 is 4.74 Å². The summed E-state index contributed by atoms with van der Waals surface area (Å²) in [6.45, 7) is 4.98. The quantitative estimate of drug-likeness (QED) is 0.814. The number of nitrogens with zero attached hydrogens (tertiary/aromatic N) is 2. The summed E-state index contributed by atoms with van der Waals surface area (Å²) in [6, 6.07) is 6.00. The Kier molecular flexibility index (Phi) is 4.43. The van der Waals surface area contributed by atoms with Gasteiger partial charge in [-0.05, 0) is 30.0 Å². The third-order valence-corrected chi connectivity index (χ3v) is 4.69. The van der Waals surface area contributed by atoms with Crippen molar-refractivity contribution >= 4 is 17.1 Å². The van der Waals surface area contributed by atoms with Gasteiger partial charge in [-0.15, -0.1) is 11.3 Å². The van der Waals surface area contributed by atoms with Crippen LogP contribution in [-0.2, 0) is 11.3 Å². The average molecular weight is 302 g/mol. The van der Waals surface area contributed by atoms with E-state index in [1.807, 2.05) is 18.3 Å². The number of aromatic nitrogens is 1. The maximum Gasteiger partial charge on any atom is 0.169 e. The van der Waals surface area contributed by atoms with Gasteiger partial charge in [-0.3, -0.25) is 14.7 Å². The third-order valence-electron chi connectivity index (χ3n) is 3.61. The largest absolute Gasteiger partial charge is 0.371 e. The molecule has 0 N–H and O–H groups in total. The molecule has 1 fully saturated rings.